The van der Waals surface area contributed by atoms with Gasteiger partial charge in [-0.3, -0.25) is 9.59 Å². The van der Waals surface area contributed by atoms with Crippen molar-refractivity contribution in [3.8, 4) is 11.8 Å². The van der Waals surface area contributed by atoms with Gasteiger partial charge in [0.2, 0.25) is 11.8 Å². The fourth-order valence-corrected chi connectivity index (χ4v) is 1.62. The number of amides is 2. The number of nitrogens with one attached hydrogen (secondary N) is 1. The summed E-state index contributed by atoms with van der Waals surface area (Å²) in [6.07, 6.45) is -4.50. The van der Waals surface area contributed by atoms with Crippen molar-refractivity contribution in [1.82, 2.24) is 5.32 Å². The Morgan fingerprint density at radius 2 is 2.05 bits per heavy atom. The molecule has 0 radical (unpaired) electrons. The minimum atomic E-state index is -4.42. The largest absolute Gasteiger partial charge is 0.416 e. The first-order valence-corrected chi connectivity index (χ1v) is 6.42. The second kappa shape index (κ2) is 7.50. The third-order valence-corrected chi connectivity index (χ3v) is 2.73. The summed E-state index contributed by atoms with van der Waals surface area (Å²) in [6, 6.07) is 4.60. The first kappa shape index (κ1) is 17.6. The molecule has 0 aliphatic rings. The fourth-order valence-electron chi connectivity index (χ4n) is 1.62. The molecule has 0 bridgehead atoms. The number of carbonyl (C=O) groups is 2. The highest BCUT2D eigenvalue weighted by atomic mass is 19.4. The molecule has 118 valence electrons. The Labute approximate surface area is 125 Å². The molecule has 0 saturated carbocycles. The number of hydrogen-bond donors (Lipinski definition) is 2. The summed E-state index contributed by atoms with van der Waals surface area (Å²) < 4.78 is 37.5. The highest BCUT2D eigenvalue weighted by Gasteiger charge is 2.30. The lowest BCUT2D eigenvalue weighted by Crippen LogP contribution is -2.32. The average molecular weight is 312 g/mol. The molecule has 0 saturated heterocycles. The van der Waals surface area contributed by atoms with E-state index in [0.29, 0.717) is 0 Å². The molecule has 0 fully saturated rings. The lowest BCUT2D eigenvalue weighted by atomic mass is 10.1. The molecule has 0 heterocycles. The van der Waals surface area contributed by atoms with Gasteiger partial charge in [0.15, 0.2) is 0 Å². The topological polar surface area (TPSA) is 72.2 Å². The Bertz CT molecular complexity index is 615. The Morgan fingerprint density at radius 1 is 1.36 bits per heavy atom. The van der Waals surface area contributed by atoms with Crippen LogP contribution in [0, 0.1) is 17.8 Å². The summed E-state index contributed by atoms with van der Waals surface area (Å²) >= 11 is 0. The van der Waals surface area contributed by atoms with Crippen LogP contribution in [0.15, 0.2) is 24.3 Å². The molecule has 7 heteroatoms. The summed E-state index contributed by atoms with van der Waals surface area (Å²) in [5.41, 5.74) is 4.40. The van der Waals surface area contributed by atoms with Crippen molar-refractivity contribution in [2.24, 2.45) is 11.7 Å². The van der Waals surface area contributed by atoms with E-state index in [1.54, 1.807) is 6.92 Å². The maximum atomic E-state index is 12.5. The van der Waals surface area contributed by atoms with Crippen molar-refractivity contribution < 1.29 is 22.8 Å². The van der Waals surface area contributed by atoms with Gasteiger partial charge >= 0.3 is 6.18 Å². The van der Waals surface area contributed by atoms with Crippen LogP contribution in [0.3, 0.4) is 0 Å². The number of primary amides is 1. The minimum Gasteiger partial charge on any atom is -0.370 e. The van der Waals surface area contributed by atoms with E-state index in [1.807, 2.05) is 0 Å². The molecule has 3 N–H and O–H groups in total. The van der Waals surface area contributed by atoms with Crippen LogP contribution in [-0.4, -0.2) is 18.4 Å². The fraction of sp³-hybridized carbons (Fsp3) is 0.333. The van der Waals surface area contributed by atoms with Crippen molar-refractivity contribution in [3.63, 3.8) is 0 Å². The van der Waals surface area contributed by atoms with Crippen LogP contribution in [0.5, 0.6) is 0 Å². The predicted molar refractivity (Wildman–Crippen MR) is 74.3 cm³/mol. The molecule has 1 rings (SSSR count). The Hall–Kier alpha value is -2.49. The predicted octanol–water partition coefficient (Wildman–Crippen LogP) is 1.68. The standard InChI is InChI=1S/C15H15F3N2O2/c1-10(8-13(19)21)14(22)20-7-3-5-11-4-2-6-12(9-11)15(16,17)18/h2,4,6,9-10H,7-8H2,1H3,(H2,19,21)(H,20,22)/t10-/m0/s1. The van der Waals surface area contributed by atoms with Crippen LogP contribution in [0.4, 0.5) is 13.2 Å². The van der Waals surface area contributed by atoms with E-state index in [9.17, 15) is 22.8 Å². The maximum absolute atomic E-state index is 12.5. The Balaban J connectivity index is 2.58. The van der Waals surface area contributed by atoms with Crippen LogP contribution in [0.1, 0.15) is 24.5 Å². The zero-order chi connectivity index (χ0) is 16.8. The van der Waals surface area contributed by atoms with E-state index in [-0.39, 0.29) is 18.5 Å². The van der Waals surface area contributed by atoms with Crippen LogP contribution in [-0.2, 0) is 15.8 Å². The molecule has 1 aromatic rings. The lowest BCUT2D eigenvalue weighted by Gasteiger charge is -2.07. The van der Waals surface area contributed by atoms with Gasteiger partial charge in [0.05, 0.1) is 12.1 Å². The van der Waals surface area contributed by atoms with Gasteiger partial charge in [-0.1, -0.05) is 24.8 Å². The van der Waals surface area contributed by atoms with Crippen LogP contribution < -0.4 is 11.1 Å². The Kier molecular flexibility index (Phi) is 5.99. The molecule has 1 aromatic carbocycles. The van der Waals surface area contributed by atoms with E-state index in [0.717, 1.165) is 12.1 Å². The zero-order valence-electron chi connectivity index (χ0n) is 11.8. The van der Waals surface area contributed by atoms with Crippen LogP contribution in [0.25, 0.3) is 0 Å². The van der Waals surface area contributed by atoms with Gasteiger partial charge in [0, 0.05) is 17.9 Å². The van der Waals surface area contributed by atoms with E-state index < -0.39 is 29.5 Å². The van der Waals surface area contributed by atoms with Gasteiger partial charge in [0.25, 0.3) is 0 Å². The highest BCUT2D eigenvalue weighted by molar-refractivity contribution is 5.84. The summed E-state index contributed by atoms with van der Waals surface area (Å²) in [5, 5.41) is 2.46. The molecule has 0 unspecified atom stereocenters. The number of hydrogen-bond acceptors (Lipinski definition) is 2. The first-order valence-electron chi connectivity index (χ1n) is 6.42. The molecule has 22 heavy (non-hydrogen) atoms. The quantitative estimate of drug-likeness (QED) is 0.830. The number of nitrogens with two attached hydrogens (primary N) is 1. The molecule has 1 atom stereocenters. The van der Waals surface area contributed by atoms with Crippen molar-refractivity contribution in [2.75, 3.05) is 6.54 Å². The van der Waals surface area contributed by atoms with E-state index in [1.165, 1.54) is 12.1 Å². The third kappa shape index (κ3) is 5.87. The summed E-state index contributed by atoms with van der Waals surface area (Å²) in [5.74, 6) is 3.54. The maximum Gasteiger partial charge on any atom is 0.416 e. The number of rotatable bonds is 4. The second-order valence-electron chi connectivity index (χ2n) is 4.67. The molecular weight excluding hydrogens is 297 g/mol. The van der Waals surface area contributed by atoms with Crippen molar-refractivity contribution in [1.29, 1.82) is 0 Å². The summed E-state index contributed by atoms with van der Waals surface area (Å²) in [4.78, 5) is 22.2. The Morgan fingerprint density at radius 3 is 2.64 bits per heavy atom. The van der Waals surface area contributed by atoms with Gasteiger partial charge in [-0.2, -0.15) is 13.2 Å². The molecule has 4 nitrogen and oxygen atoms in total. The van der Waals surface area contributed by atoms with Gasteiger partial charge in [0.1, 0.15) is 0 Å². The number of alkyl halides is 3. The van der Waals surface area contributed by atoms with Crippen LogP contribution in [0.2, 0.25) is 0 Å². The van der Waals surface area contributed by atoms with Crippen molar-refractivity contribution >= 4 is 11.8 Å². The molecule has 2 amide bonds. The lowest BCUT2D eigenvalue weighted by molar-refractivity contribution is -0.137. The van der Waals surface area contributed by atoms with Crippen LogP contribution >= 0.6 is 0 Å². The first-order chi connectivity index (χ1) is 10.2. The molecule has 0 aromatic heterocycles. The molecule has 0 aliphatic heterocycles. The van der Waals surface area contributed by atoms with Crippen molar-refractivity contribution in [2.45, 2.75) is 19.5 Å². The highest BCUT2D eigenvalue weighted by Crippen LogP contribution is 2.29. The van der Waals surface area contributed by atoms with Gasteiger partial charge in [-0.05, 0) is 18.2 Å². The molecule has 0 aliphatic carbocycles. The summed E-state index contributed by atoms with van der Waals surface area (Å²) in [6.45, 7) is 1.51. The molecule has 0 spiro atoms. The SMILES string of the molecule is C[C@@H](CC(N)=O)C(=O)NCC#Cc1cccc(C(F)(F)F)c1. The minimum absolute atomic E-state index is 0.0296. The van der Waals surface area contributed by atoms with Gasteiger partial charge in [-0.25, -0.2) is 0 Å². The smallest absolute Gasteiger partial charge is 0.370 e. The second-order valence-corrected chi connectivity index (χ2v) is 4.67. The van der Waals surface area contributed by atoms with Gasteiger partial charge < -0.3 is 11.1 Å². The third-order valence-electron chi connectivity index (χ3n) is 2.73. The van der Waals surface area contributed by atoms with Gasteiger partial charge in [-0.15, -0.1) is 0 Å². The monoisotopic (exact) mass is 312 g/mol. The normalized spacial score (nSPS) is 12.0. The van der Waals surface area contributed by atoms with E-state index in [2.05, 4.69) is 17.2 Å². The number of carbonyl (C=O) groups excluding carboxylic acids is 2. The van der Waals surface area contributed by atoms with E-state index >= 15 is 0 Å². The van der Waals surface area contributed by atoms with E-state index in [4.69, 9.17) is 5.73 Å². The average Bonchev–Trinajstić information content (AvgIpc) is 2.42. The molecular formula is C15H15F3N2O2. The van der Waals surface area contributed by atoms with Crippen molar-refractivity contribution in [3.05, 3.63) is 35.4 Å². The number of benzene rings is 1. The summed E-state index contributed by atoms with van der Waals surface area (Å²) in [7, 11) is 0. The number of halogens is 3. The zero-order valence-corrected chi connectivity index (χ0v) is 11.8.